The normalized spacial score (nSPS) is 11.2. The maximum Gasteiger partial charge on any atom is 0.307 e. The Labute approximate surface area is 161 Å². The first-order valence-corrected chi connectivity index (χ1v) is 8.58. The summed E-state index contributed by atoms with van der Waals surface area (Å²) in [5, 5.41) is 5.41. The Hall–Kier alpha value is -2.02. The molecule has 25 heavy (non-hydrogen) atoms. The second-order valence-corrected chi connectivity index (χ2v) is 6.74. The summed E-state index contributed by atoms with van der Waals surface area (Å²) in [6.07, 6.45) is 1.42. The maximum atomic E-state index is 12.1. The van der Waals surface area contributed by atoms with E-state index in [1.807, 2.05) is 12.1 Å². The molecule has 3 aromatic rings. The molecule has 0 atom stereocenters. The first kappa shape index (κ1) is 17.8. The Morgan fingerprint density at radius 3 is 2.64 bits per heavy atom. The number of furan rings is 1. The van der Waals surface area contributed by atoms with Gasteiger partial charge in [-0.2, -0.15) is 5.10 Å². The molecular weight excluding hydrogens is 431 g/mol. The lowest BCUT2D eigenvalue weighted by Gasteiger charge is -2.06. The quantitative estimate of drug-likeness (QED) is 0.442. The van der Waals surface area contributed by atoms with Gasteiger partial charge in [0.15, 0.2) is 11.5 Å². The van der Waals surface area contributed by atoms with E-state index in [-0.39, 0.29) is 5.76 Å². The van der Waals surface area contributed by atoms with Crippen molar-refractivity contribution >= 4 is 62.2 Å². The van der Waals surface area contributed by atoms with Crippen molar-refractivity contribution in [1.29, 1.82) is 0 Å². The summed E-state index contributed by atoms with van der Waals surface area (Å²) in [4.78, 5) is 12.1. The number of methoxy groups -OCH3 is 1. The molecule has 0 bridgehead atoms. The summed E-state index contributed by atoms with van der Waals surface area (Å²) in [6.45, 7) is 0. The van der Waals surface area contributed by atoms with Crippen LogP contribution >= 0.6 is 39.1 Å². The van der Waals surface area contributed by atoms with Crippen LogP contribution in [0.2, 0.25) is 10.0 Å². The van der Waals surface area contributed by atoms with Crippen LogP contribution in [0.5, 0.6) is 5.75 Å². The van der Waals surface area contributed by atoms with Crippen LogP contribution in [0.4, 0.5) is 0 Å². The van der Waals surface area contributed by atoms with Gasteiger partial charge in [-0.1, -0.05) is 39.1 Å². The summed E-state index contributed by atoms with van der Waals surface area (Å²) in [5.41, 5.74) is 3.63. The van der Waals surface area contributed by atoms with Crippen molar-refractivity contribution in [2.75, 3.05) is 7.11 Å². The molecule has 0 saturated heterocycles. The van der Waals surface area contributed by atoms with Crippen molar-refractivity contribution < 1.29 is 13.9 Å². The average Bonchev–Trinajstić information content (AvgIpc) is 2.97. The van der Waals surface area contributed by atoms with Gasteiger partial charge in [-0.25, -0.2) is 5.43 Å². The molecule has 1 heterocycles. The molecule has 2 aromatic carbocycles. The van der Waals surface area contributed by atoms with E-state index in [9.17, 15) is 4.79 Å². The number of rotatable bonds is 4. The second-order valence-electron chi connectivity index (χ2n) is 5.01. The van der Waals surface area contributed by atoms with Crippen molar-refractivity contribution in [3.8, 4) is 5.75 Å². The molecule has 3 rings (SSSR count). The Balaban J connectivity index is 1.73. The number of nitrogens with one attached hydrogen (secondary N) is 1. The topological polar surface area (TPSA) is 63.8 Å². The third kappa shape index (κ3) is 3.98. The van der Waals surface area contributed by atoms with Crippen molar-refractivity contribution in [2.45, 2.75) is 0 Å². The van der Waals surface area contributed by atoms with Gasteiger partial charge in [-0.15, -0.1) is 0 Å². The van der Waals surface area contributed by atoms with Crippen molar-refractivity contribution in [3.63, 3.8) is 0 Å². The number of hydrogen-bond donors (Lipinski definition) is 1. The van der Waals surface area contributed by atoms with Crippen LogP contribution < -0.4 is 10.2 Å². The van der Waals surface area contributed by atoms with E-state index in [2.05, 4.69) is 26.5 Å². The lowest BCUT2D eigenvalue weighted by molar-refractivity contribution is 0.0929. The first-order valence-electron chi connectivity index (χ1n) is 7.03. The summed E-state index contributed by atoms with van der Waals surface area (Å²) < 4.78 is 11.5. The number of amides is 1. The van der Waals surface area contributed by atoms with Gasteiger partial charge in [-0.05, 0) is 42.0 Å². The molecule has 1 amide bonds. The van der Waals surface area contributed by atoms with Gasteiger partial charge in [0.1, 0.15) is 5.58 Å². The molecular formula is C17H11BrCl2N2O3. The predicted molar refractivity (Wildman–Crippen MR) is 102 cm³/mol. The van der Waals surface area contributed by atoms with E-state index < -0.39 is 5.91 Å². The number of hydrogen-bond acceptors (Lipinski definition) is 4. The molecule has 0 saturated carbocycles. The van der Waals surface area contributed by atoms with Crippen LogP contribution in [0.15, 0.2) is 50.4 Å². The fourth-order valence-corrected chi connectivity index (χ4v) is 3.23. The number of carbonyl (C=O) groups excluding carboxylic acids is 1. The van der Waals surface area contributed by atoms with Crippen LogP contribution in [-0.2, 0) is 0 Å². The Bertz CT molecular complexity index is 962. The summed E-state index contributed by atoms with van der Waals surface area (Å²) in [6, 6.07) is 10.4. The Morgan fingerprint density at radius 2 is 1.96 bits per heavy atom. The molecule has 5 nitrogen and oxygen atoms in total. The van der Waals surface area contributed by atoms with Crippen LogP contribution in [-0.4, -0.2) is 19.2 Å². The number of benzene rings is 2. The van der Waals surface area contributed by atoms with Gasteiger partial charge in [0.25, 0.3) is 0 Å². The Morgan fingerprint density at radius 1 is 1.24 bits per heavy atom. The average molecular weight is 442 g/mol. The highest BCUT2D eigenvalue weighted by Gasteiger charge is 2.12. The van der Waals surface area contributed by atoms with Crippen molar-refractivity contribution in [2.24, 2.45) is 5.10 Å². The molecule has 1 N–H and O–H groups in total. The zero-order chi connectivity index (χ0) is 18.0. The second kappa shape index (κ2) is 7.47. The highest BCUT2D eigenvalue weighted by molar-refractivity contribution is 9.10. The number of halogens is 3. The van der Waals surface area contributed by atoms with E-state index in [1.54, 1.807) is 24.3 Å². The minimum Gasteiger partial charge on any atom is -0.494 e. The SMILES string of the molecule is COc1c(Cl)cc(/C=N/NC(=O)c2cc3cc(Br)ccc3o2)cc1Cl. The molecule has 0 spiro atoms. The van der Waals surface area contributed by atoms with Crippen LogP contribution in [0, 0.1) is 0 Å². The van der Waals surface area contributed by atoms with E-state index in [1.165, 1.54) is 13.3 Å². The fraction of sp³-hybridized carbons (Fsp3) is 0.0588. The molecule has 8 heteroatoms. The summed E-state index contributed by atoms with van der Waals surface area (Å²) >= 11 is 15.5. The monoisotopic (exact) mass is 440 g/mol. The first-order chi connectivity index (χ1) is 12.0. The van der Waals surface area contributed by atoms with Crippen LogP contribution in [0.3, 0.4) is 0 Å². The van der Waals surface area contributed by atoms with Gasteiger partial charge in [0, 0.05) is 9.86 Å². The number of carbonyl (C=O) groups is 1. The highest BCUT2D eigenvalue weighted by atomic mass is 79.9. The van der Waals surface area contributed by atoms with E-state index in [4.69, 9.17) is 32.4 Å². The molecule has 0 radical (unpaired) electrons. The molecule has 0 aliphatic carbocycles. The molecule has 0 aliphatic rings. The lowest BCUT2D eigenvalue weighted by atomic mass is 10.2. The van der Waals surface area contributed by atoms with Gasteiger partial charge in [0.2, 0.25) is 0 Å². The minimum atomic E-state index is -0.464. The van der Waals surface area contributed by atoms with Gasteiger partial charge in [0.05, 0.1) is 23.4 Å². The summed E-state index contributed by atoms with van der Waals surface area (Å²) in [5.74, 6) is 0.0864. The standard InChI is InChI=1S/C17H11BrCl2N2O3/c1-24-16-12(19)4-9(5-13(16)20)8-21-22-17(23)15-7-10-6-11(18)2-3-14(10)25-15/h2-8H,1H3,(H,22,23)/b21-8+. The molecule has 0 unspecified atom stereocenters. The molecule has 0 fully saturated rings. The van der Waals surface area contributed by atoms with Crippen LogP contribution in [0.25, 0.3) is 11.0 Å². The van der Waals surface area contributed by atoms with Crippen LogP contribution in [0.1, 0.15) is 16.1 Å². The minimum absolute atomic E-state index is 0.163. The zero-order valence-corrected chi connectivity index (χ0v) is 15.9. The highest BCUT2D eigenvalue weighted by Crippen LogP contribution is 2.33. The van der Waals surface area contributed by atoms with E-state index in [0.717, 1.165) is 9.86 Å². The smallest absolute Gasteiger partial charge is 0.307 e. The number of hydrazone groups is 1. The van der Waals surface area contributed by atoms with E-state index >= 15 is 0 Å². The maximum absolute atomic E-state index is 12.1. The largest absolute Gasteiger partial charge is 0.494 e. The van der Waals surface area contributed by atoms with Gasteiger partial charge in [-0.3, -0.25) is 4.79 Å². The fourth-order valence-electron chi connectivity index (χ4n) is 2.20. The van der Waals surface area contributed by atoms with E-state index in [0.29, 0.717) is 26.9 Å². The van der Waals surface area contributed by atoms with Crippen molar-refractivity contribution in [3.05, 3.63) is 62.2 Å². The molecule has 0 aliphatic heterocycles. The lowest BCUT2D eigenvalue weighted by Crippen LogP contribution is -2.16. The third-order valence-corrected chi connectivity index (χ3v) is 4.36. The molecule has 1 aromatic heterocycles. The number of ether oxygens (including phenoxy) is 1. The number of nitrogens with zero attached hydrogens (tertiary/aromatic N) is 1. The third-order valence-electron chi connectivity index (χ3n) is 3.31. The molecule has 128 valence electrons. The Kier molecular flexibility index (Phi) is 5.32. The van der Waals surface area contributed by atoms with Crippen molar-refractivity contribution in [1.82, 2.24) is 5.43 Å². The number of fused-ring (bicyclic) bond motifs is 1. The summed E-state index contributed by atoms with van der Waals surface area (Å²) in [7, 11) is 1.48. The van der Waals surface area contributed by atoms with Gasteiger partial charge < -0.3 is 9.15 Å². The zero-order valence-electron chi connectivity index (χ0n) is 12.8. The van der Waals surface area contributed by atoms with Gasteiger partial charge >= 0.3 is 5.91 Å². The predicted octanol–water partition coefficient (Wildman–Crippen LogP) is 5.27.